The second-order valence-electron chi connectivity index (χ2n) is 8.27. The van der Waals surface area contributed by atoms with Crippen LogP contribution >= 0.6 is 34.7 Å². The van der Waals surface area contributed by atoms with E-state index in [-0.39, 0.29) is 23.7 Å². The summed E-state index contributed by atoms with van der Waals surface area (Å²) in [4.78, 5) is 26.8. The Hall–Kier alpha value is -2.36. The summed E-state index contributed by atoms with van der Waals surface area (Å²) in [7, 11) is 0. The second-order valence-corrected chi connectivity index (χ2v) is 10.8. The number of thiophene rings is 1. The fourth-order valence-corrected chi connectivity index (χ4v) is 6.24. The molecule has 2 heterocycles. The van der Waals surface area contributed by atoms with Gasteiger partial charge in [0.05, 0.1) is 17.4 Å². The van der Waals surface area contributed by atoms with Crippen LogP contribution in [0.4, 0.5) is 5.00 Å². The van der Waals surface area contributed by atoms with Crippen LogP contribution in [-0.4, -0.2) is 38.5 Å². The van der Waals surface area contributed by atoms with Gasteiger partial charge in [-0.1, -0.05) is 35.5 Å². The SMILES string of the molecule is CCn1c(SCC(=O)Nc2sc3c(c2C(=O)OC(C)C)CCCC3)nnc1-c1cccc(Cl)c1. The van der Waals surface area contributed by atoms with Crippen molar-refractivity contribution in [2.24, 2.45) is 0 Å². The highest BCUT2D eigenvalue weighted by Crippen LogP contribution is 2.39. The third kappa shape index (κ3) is 5.47. The Morgan fingerprint density at radius 3 is 2.79 bits per heavy atom. The average Bonchev–Trinajstić information content (AvgIpc) is 3.37. The zero-order chi connectivity index (χ0) is 24.2. The van der Waals surface area contributed by atoms with Crippen LogP contribution in [0.3, 0.4) is 0 Å². The van der Waals surface area contributed by atoms with Gasteiger partial charge in [0.1, 0.15) is 5.00 Å². The lowest BCUT2D eigenvalue weighted by atomic mass is 9.95. The van der Waals surface area contributed by atoms with Crippen molar-refractivity contribution in [1.29, 1.82) is 0 Å². The number of hydrogen-bond donors (Lipinski definition) is 1. The number of fused-ring (bicyclic) bond motifs is 1. The number of thioether (sulfide) groups is 1. The normalized spacial score (nSPS) is 13.1. The Morgan fingerprint density at radius 1 is 1.26 bits per heavy atom. The molecule has 0 unspecified atom stereocenters. The molecule has 180 valence electrons. The van der Waals surface area contributed by atoms with Crippen LogP contribution in [0.5, 0.6) is 0 Å². The molecule has 0 saturated heterocycles. The Labute approximate surface area is 212 Å². The van der Waals surface area contributed by atoms with Crippen molar-refractivity contribution in [2.75, 3.05) is 11.1 Å². The van der Waals surface area contributed by atoms with E-state index < -0.39 is 0 Å². The van der Waals surface area contributed by atoms with Crippen LogP contribution in [0.25, 0.3) is 11.4 Å². The van der Waals surface area contributed by atoms with Gasteiger partial charge in [-0.25, -0.2) is 4.79 Å². The quantitative estimate of drug-likeness (QED) is 0.297. The number of anilines is 1. The molecule has 1 aliphatic rings. The maximum atomic E-state index is 12.9. The van der Waals surface area contributed by atoms with Crippen molar-refractivity contribution < 1.29 is 14.3 Å². The molecule has 1 amide bonds. The Balaban J connectivity index is 1.49. The van der Waals surface area contributed by atoms with Crippen LogP contribution in [-0.2, 0) is 28.9 Å². The van der Waals surface area contributed by atoms with E-state index in [1.54, 1.807) is 0 Å². The number of nitrogens with zero attached hydrogens (tertiary/aromatic N) is 3. The molecule has 0 fully saturated rings. The van der Waals surface area contributed by atoms with Crippen molar-refractivity contribution >= 4 is 51.6 Å². The zero-order valence-electron chi connectivity index (χ0n) is 19.4. The molecule has 0 spiro atoms. The van der Waals surface area contributed by atoms with E-state index in [0.29, 0.717) is 33.1 Å². The number of aryl methyl sites for hydroxylation is 1. The fourth-order valence-electron chi connectivity index (χ4n) is 3.96. The van der Waals surface area contributed by atoms with Gasteiger partial charge in [-0.05, 0) is 64.2 Å². The molecule has 0 bridgehead atoms. The van der Waals surface area contributed by atoms with Gasteiger partial charge in [-0.15, -0.1) is 21.5 Å². The predicted octanol–water partition coefficient (Wildman–Crippen LogP) is 5.85. The number of nitrogens with one attached hydrogen (secondary N) is 1. The second kappa shape index (κ2) is 10.9. The minimum Gasteiger partial charge on any atom is -0.459 e. The molecular weight excluding hydrogens is 492 g/mol. The first-order valence-electron chi connectivity index (χ1n) is 11.3. The molecule has 0 radical (unpaired) electrons. The van der Waals surface area contributed by atoms with Crippen LogP contribution in [0.15, 0.2) is 29.4 Å². The maximum Gasteiger partial charge on any atom is 0.341 e. The van der Waals surface area contributed by atoms with E-state index in [1.807, 2.05) is 49.6 Å². The number of hydrogen-bond acceptors (Lipinski definition) is 7. The van der Waals surface area contributed by atoms with Gasteiger partial charge in [0.2, 0.25) is 5.91 Å². The van der Waals surface area contributed by atoms with Crippen molar-refractivity contribution in [3.05, 3.63) is 45.3 Å². The predicted molar refractivity (Wildman–Crippen MR) is 137 cm³/mol. The van der Waals surface area contributed by atoms with E-state index in [1.165, 1.54) is 28.0 Å². The molecule has 0 atom stereocenters. The lowest BCUT2D eigenvalue weighted by molar-refractivity contribution is -0.113. The molecule has 3 aromatic rings. The van der Waals surface area contributed by atoms with Gasteiger partial charge in [0.15, 0.2) is 11.0 Å². The summed E-state index contributed by atoms with van der Waals surface area (Å²) < 4.78 is 7.43. The molecule has 1 aliphatic carbocycles. The van der Waals surface area contributed by atoms with Crippen LogP contribution < -0.4 is 5.32 Å². The number of carbonyl (C=O) groups is 2. The van der Waals surface area contributed by atoms with Crippen molar-refractivity contribution in [3.8, 4) is 11.4 Å². The summed E-state index contributed by atoms with van der Waals surface area (Å²) in [6.45, 7) is 6.31. The van der Waals surface area contributed by atoms with E-state index >= 15 is 0 Å². The van der Waals surface area contributed by atoms with Gasteiger partial charge < -0.3 is 14.6 Å². The Bertz CT molecular complexity index is 1210. The molecule has 1 aromatic carbocycles. The molecule has 1 N–H and O–H groups in total. The van der Waals surface area contributed by atoms with Gasteiger partial charge in [0.25, 0.3) is 0 Å². The molecule has 0 aliphatic heterocycles. The van der Waals surface area contributed by atoms with Gasteiger partial charge >= 0.3 is 5.97 Å². The number of halogens is 1. The molecule has 10 heteroatoms. The summed E-state index contributed by atoms with van der Waals surface area (Å²) in [6, 6.07) is 7.45. The van der Waals surface area contributed by atoms with E-state index in [2.05, 4.69) is 15.5 Å². The highest BCUT2D eigenvalue weighted by Gasteiger charge is 2.28. The number of carbonyl (C=O) groups excluding carboxylic acids is 2. The van der Waals surface area contributed by atoms with Gasteiger partial charge in [0, 0.05) is 22.0 Å². The first-order chi connectivity index (χ1) is 16.4. The molecule has 34 heavy (non-hydrogen) atoms. The lowest BCUT2D eigenvalue weighted by Gasteiger charge is -2.14. The summed E-state index contributed by atoms with van der Waals surface area (Å²) in [5.41, 5.74) is 2.42. The van der Waals surface area contributed by atoms with E-state index in [0.717, 1.165) is 36.8 Å². The molecule has 7 nitrogen and oxygen atoms in total. The molecular formula is C24H27ClN4O3S2. The topological polar surface area (TPSA) is 86.1 Å². The first-order valence-corrected chi connectivity index (χ1v) is 13.5. The summed E-state index contributed by atoms with van der Waals surface area (Å²) >= 11 is 8.93. The summed E-state index contributed by atoms with van der Waals surface area (Å²) in [5.74, 6) is 0.290. The van der Waals surface area contributed by atoms with Crippen LogP contribution in [0.1, 0.15) is 54.4 Å². The van der Waals surface area contributed by atoms with E-state index in [4.69, 9.17) is 16.3 Å². The highest BCUT2D eigenvalue weighted by atomic mass is 35.5. The fraction of sp³-hybridized carbons (Fsp3) is 0.417. The van der Waals surface area contributed by atoms with Crippen molar-refractivity contribution in [2.45, 2.75) is 64.3 Å². The average molecular weight is 519 g/mol. The number of rotatable bonds is 8. The van der Waals surface area contributed by atoms with Gasteiger partial charge in [-0.3, -0.25) is 4.79 Å². The smallest absolute Gasteiger partial charge is 0.341 e. The number of aromatic nitrogens is 3. The number of benzene rings is 1. The number of ether oxygens (including phenoxy) is 1. The highest BCUT2D eigenvalue weighted by molar-refractivity contribution is 7.99. The van der Waals surface area contributed by atoms with Crippen LogP contribution in [0, 0.1) is 0 Å². The third-order valence-electron chi connectivity index (χ3n) is 5.42. The summed E-state index contributed by atoms with van der Waals surface area (Å²) in [5, 5.41) is 13.4. The number of amides is 1. The van der Waals surface area contributed by atoms with E-state index in [9.17, 15) is 9.59 Å². The number of esters is 1. The van der Waals surface area contributed by atoms with Crippen LogP contribution in [0.2, 0.25) is 5.02 Å². The largest absolute Gasteiger partial charge is 0.459 e. The molecule has 0 saturated carbocycles. The van der Waals surface area contributed by atoms with Crippen molar-refractivity contribution in [1.82, 2.24) is 14.8 Å². The standard InChI is InChI=1S/C24H27ClN4O3S2/c1-4-29-21(15-8-7-9-16(25)12-15)27-28-24(29)33-13-19(30)26-22-20(23(31)32-14(2)3)17-10-5-6-11-18(17)34-22/h7-9,12,14H,4-6,10-11,13H2,1-3H3,(H,26,30). The third-order valence-corrected chi connectivity index (χ3v) is 7.83. The Kier molecular flexibility index (Phi) is 7.95. The first kappa shape index (κ1) is 24.8. The monoisotopic (exact) mass is 518 g/mol. The Morgan fingerprint density at radius 2 is 2.06 bits per heavy atom. The maximum absolute atomic E-state index is 12.9. The zero-order valence-corrected chi connectivity index (χ0v) is 21.8. The van der Waals surface area contributed by atoms with Gasteiger partial charge in [-0.2, -0.15) is 0 Å². The minimum absolute atomic E-state index is 0.148. The summed E-state index contributed by atoms with van der Waals surface area (Å²) in [6.07, 6.45) is 3.68. The minimum atomic E-state index is -0.366. The lowest BCUT2D eigenvalue weighted by Crippen LogP contribution is -2.19. The van der Waals surface area contributed by atoms with Crippen molar-refractivity contribution in [3.63, 3.8) is 0 Å². The molecule has 4 rings (SSSR count). The molecule has 2 aromatic heterocycles.